The topological polar surface area (TPSA) is 76.0 Å². The van der Waals surface area contributed by atoms with Crippen molar-refractivity contribution in [1.82, 2.24) is 0 Å². The normalized spacial score (nSPS) is 24.1. The van der Waals surface area contributed by atoms with E-state index in [0.717, 1.165) is 0 Å². The highest BCUT2D eigenvalue weighted by molar-refractivity contribution is 7.80. The largest absolute Gasteiger partial charge is 0.398 e. The van der Waals surface area contributed by atoms with Crippen LogP contribution in [0, 0.1) is 0 Å². The Morgan fingerprint density at radius 3 is 2.62 bits per heavy atom. The zero-order chi connectivity index (χ0) is 12.0. The summed E-state index contributed by atoms with van der Waals surface area (Å²) in [5.74, 6) is 0. The Hall–Kier alpha value is -1.24. The third kappa shape index (κ3) is 1.75. The van der Waals surface area contributed by atoms with E-state index >= 15 is 0 Å². The van der Waals surface area contributed by atoms with Crippen LogP contribution in [0.3, 0.4) is 0 Å². The number of hydrogen-bond donors (Lipinski definition) is 1. The van der Waals surface area contributed by atoms with Crippen molar-refractivity contribution >= 4 is 21.8 Å². The maximum atomic E-state index is 10.8. The van der Waals surface area contributed by atoms with E-state index in [1.165, 1.54) is 0 Å². The monoisotopic (exact) mass is 241 g/mol. The second-order valence-electron chi connectivity index (χ2n) is 3.76. The maximum Gasteiger partial charge on any atom is 0.398 e. The average molecular weight is 241 g/mol. The molecule has 1 unspecified atom stereocenters. The van der Waals surface area contributed by atoms with Crippen molar-refractivity contribution in [2.75, 3.05) is 0 Å². The number of para-hydroxylation sites is 1. The number of nitrogens with zero attached hydrogens (tertiary/aromatic N) is 1. The molecule has 1 N–H and O–H groups in total. The van der Waals surface area contributed by atoms with Gasteiger partial charge in [0, 0.05) is 5.56 Å². The molecule has 0 spiro atoms. The van der Waals surface area contributed by atoms with Crippen LogP contribution in [-0.4, -0.2) is 18.7 Å². The molecule has 16 heavy (non-hydrogen) atoms. The summed E-state index contributed by atoms with van der Waals surface area (Å²) in [6.45, 7) is 3.22. The molecule has 86 valence electrons. The van der Waals surface area contributed by atoms with Crippen LogP contribution in [0.15, 0.2) is 29.3 Å². The zero-order valence-corrected chi connectivity index (χ0v) is 9.65. The van der Waals surface area contributed by atoms with E-state index in [9.17, 15) is 8.42 Å². The highest BCUT2D eigenvalue weighted by Gasteiger charge is 2.41. The Bertz CT molecular complexity index is 564. The first kappa shape index (κ1) is 11.3. The van der Waals surface area contributed by atoms with Crippen molar-refractivity contribution in [2.45, 2.75) is 19.4 Å². The van der Waals surface area contributed by atoms with E-state index in [0.29, 0.717) is 17.0 Å². The van der Waals surface area contributed by atoms with E-state index in [2.05, 4.69) is 4.99 Å². The summed E-state index contributed by atoms with van der Waals surface area (Å²) in [5, 5.41) is 0. The minimum absolute atomic E-state index is 0.492. The quantitative estimate of drug-likeness (QED) is 0.801. The predicted octanol–water partition coefficient (Wildman–Crippen LogP) is 1.83. The lowest BCUT2D eigenvalue weighted by atomic mass is 9.94. The lowest BCUT2D eigenvalue weighted by molar-refractivity contribution is 0.149. The molecule has 0 saturated heterocycles. The molecule has 0 aliphatic carbocycles. The molecule has 0 bridgehead atoms. The van der Waals surface area contributed by atoms with Crippen LogP contribution >= 0.6 is 0 Å². The Kier molecular flexibility index (Phi) is 2.37. The fourth-order valence-electron chi connectivity index (χ4n) is 1.77. The Balaban J connectivity index is 2.55. The van der Waals surface area contributed by atoms with Crippen LogP contribution in [0.25, 0.3) is 0 Å². The van der Waals surface area contributed by atoms with Crippen molar-refractivity contribution in [3.8, 4) is 0 Å². The molecule has 0 saturated carbocycles. The minimum atomic E-state index is -4.52. The molecule has 2 rings (SSSR count). The van der Waals surface area contributed by atoms with E-state index in [-0.39, 0.29) is 0 Å². The van der Waals surface area contributed by atoms with Gasteiger partial charge in [0.1, 0.15) is 0 Å². The lowest BCUT2D eigenvalue weighted by Crippen LogP contribution is -2.33. The van der Waals surface area contributed by atoms with Crippen molar-refractivity contribution in [3.63, 3.8) is 0 Å². The Labute approximate surface area is 93.7 Å². The Morgan fingerprint density at radius 2 is 2.00 bits per heavy atom. The van der Waals surface area contributed by atoms with E-state index in [1.807, 2.05) is 0 Å². The van der Waals surface area contributed by atoms with Crippen LogP contribution in [-0.2, 0) is 20.2 Å². The maximum absolute atomic E-state index is 10.8. The molecule has 1 aromatic rings. The molecular formula is C10H11NO4S. The molecule has 1 aromatic carbocycles. The highest BCUT2D eigenvalue weighted by Crippen LogP contribution is 2.41. The summed E-state index contributed by atoms with van der Waals surface area (Å²) in [5.41, 5.74) is 0.562. The fraction of sp³-hybridized carbons (Fsp3) is 0.300. The summed E-state index contributed by atoms with van der Waals surface area (Å²) in [7, 11) is -4.52. The first-order valence-electron chi connectivity index (χ1n) is 4.66. The molecule has 1 heterocycles. The van der Waals surface area contributed by atoms with Crippen LogP contribution < -0.4 is 0 Å². The molecule has 1 aliphatic heterocycles. The zero-order valence-electron chi connectivity index (χ0n) is 8.84. The number of aliphatic imine (C=N–C) groups is 1. The highest BCUT2D eigenvalue weighted by atomic mass is 32.3. The van der Waals surface area contributed by atoms with Gasteiger partial charge in [-0.05, 0) is 19.9 Å². The third-order valence-corrected chi connectivity index (χ3v) is 3.21. The number of hydrogen-bond acceptors (Lipinski definition) is 4. The first-order valence-corrected chi connectivity index (χ1v) is 6.03. The van der Waals surface area contributed by atoms with Gasteiger partial charge in [-0.3, -0.25) is 9.55 Å². The Morgan fingerprint density at radius 1 is 1.38 bits per heavy atom. The summed E-state index contributed by atoms with van der Waals surface area (Å²) < 4.78 is 35.2. The van der Waals surface area contributed by atoms with E-state index in [1.54, 1.807) is 38.1 Å². The van der Waals surface area contributed by atoms with E-state index in [4.69, 9.17) is 8.74 Å². The van der Waals surface area contributed by atoms with Crippen LogP contribution in [0.5, 0.6) is 0 Å². The third-order valence-electron chi connectivity index (χ3n) is 2.67. The van der Waals surface area contributed by atoms with Crippen molar-refractivity contribution < 1.29 is 17.2 Å². The van der Waals surface area contributed by atoms with Gasteiger partial charge in [0.15, 0.2) is 5.60 Å². The summed E-state index contributed by atoms with van der Waals surface area (Å²) in [6.07, 6.45) is 0. The van der Waals surface area contributed by atoms with Gasteiger partial charge in [0.2, 0.25) is 0 Å². The number of rotatable bonds is 2. The molecule has 1 atom stereocenters. The van der Waals surface area contributed by atoms with Gasteiger partial charge in [-0.2, -0.15) is 8.42 Å². The average Bonchev–Trinajstić information content (AvgIpc) is 2.37. The summed E-state index contributed by atoms with van der Waals surface area (Å²) in [6, 6.07) is 7.05. The molecular weight excluding hydrogens is 230 g/mol. The van der Waals surface area contributed by atoms with Gasteiger partial charge >= 0.3 is 10.4 Å². The molecule has 0 radical (unpaired) electrons. The molecule has 6 heteroatoms. The molecule has 0 aromatic heterocycles. The van der Waals surface area contributed by atoms with Gasteiger partial charge < -0.3 is 0 Å². The summed E-state index contributed by atoms with van der Waals surface area (Å²) in [4.78, 5) is 4.21. The van der Waals surface area contributed by atoms with Gasteiger partial charge in [0.05, 0.1) is 11.4 Å². The van der Waals surface area contributed by atoms with Crippen molar-refractivity contribution in [2.24, 2.45) is 4.99 Å². The van der Waals surface area contributed by atoms with Gasteiger partial charge in [0.25, 0.3) is 0 Å². The van der Waals surface area contributed by atoms with Gasteiger partial charge in [-0.25, -0.2) is 4.18 Å². The van der Waals surface area contributed by atoms with Crippen molar-refractivity contribution in [3.05, 3.63) is 29.8 Å². The van der Waals surface area contributed by atoms with E-state index < -0.39 is 16.0 Å². The molecule has 0 amide bonds. The van der Waals surface area contributed by atoms with Crippen LogP contribution in [0.1, 0.15) is 19.4 Å². The number of benzene rings is 1. The lowest BCUT2D eigenvalue weighted by Gasteiger charge is -2.23. The SMILES string of the molecule is CC1=Nc2ccccc2C1(C)OS(=O)(=O)O. The van der Waals surface area contributed by atoms with Crippen LogP contribution in [0.2, 0.25) is 0 Å². The second-order valence-corrected chi connectivity index (χ2v) is 4.78. The molecule has 0 fully saturated rings. The molecule has 5 nitrogen and oxygen atoms in total. The smallest absolute Gasteiger partial charge is 0.263 e. The predicted molar refractivity (Wildman–Crippen MR) is 59.2 cm³/mol. The fourth-order valence-corrected chi connectivity index (χ4v) is 2.40. The summed E-state index contributed by atoms with van der Waals surface area (Å²) >= 11 is 0. The first-order chi connectivity index (χ1) is 7.33. The standard InChI is InChI=1S/C10H11NO4S/c1-7-10(2,15-16(12,13)14)8-5-3-4-6-9(8)11-7/h3-6H,1-2H3,(H,12,13,14). The van der Waals surface area contributed by atoms with Crippen molar-refractivity contribution in [1.29, 1.82) is 0 Å². The number of fused-ring (bicyclic) bond motifs is 1. The van der Waals surface area contributed by atoms with Crippen LogP contribution in [0.4, 0.5) is 5.69 Å². The molecule has 1 aliphatic rings. The van der Waals surface area contributed by atoms with Gasteiger partial charge in [-0.15, -0.1) is 0 Å². The van der Waals surface area contributed by atoms with Gasteiger partial charge in [-0.1, -0.05) is 18.2 Å². The minimum Gasteiger partial charge on any atom is -0.263 e. The second kappa shape index (κ2) is 3.38.